The molecule has 6 nitrogen and oxygen atoms in total. The molecule has 2 N–H and O–H groups in total. The minimum atomic E-state index is 0. The SMILES string of the molecule is COCCC(C)(C)CN=C(NCCc1ccco1)NCC1CCCO1.I. The molecule has 0 bridgehead atoms. The number of methoxy groups -OCH3 is 1. The summed E-state index contributed by atoms with van der Waals surface area (Å²) < 4.78 is 16.3. The molecule has 0 aliphatic carbocycles. The third kappa shape index (κ3) is 9.23. The van der Waals surface area contributed by atoms with Gasteiger partial charge in [0.15, 0.2) is 5.96 Å². The smallest absolute Gasteiger partial charge is 0.191 e. The molecule has 26 heavy (non-hydrogen) atoms. The van der Waals surface area contributed by atoms with Crippen LogP contribution in [0.2, 0.25) is 0 Å². The average Bonchev–Trinajstić information content (AvgIpc) is 3.28. The summed E-state index contributed by atoms with van der Waals surface area (Å²) in [5.41, 5.74) is 0.107. The highest BCUT2D eigenvalue weighted by Gasteiger charge is 2.18. The Morgan fingerprint density at radius 3 is 2.88 bits per heavy atom. The van der Waals surface area contributed by atoms with Crippen LogP contribution in [0.15, 0.2) is 27.8 Å². The number of aliphatic imine (C=N–C) groups is 1. The summed E-state index contributed by atoms with van der Waals surface area (Å²) in [5.74, 6) is 1.82. The molecule has 0 aromatic carbocycles. The summed E-state index contributed by atoms with van der Waals surface area (Å²) in [6.07, 6.45) is 6.08. The van der Waals surface area contributed by atoms with E-state index in [0.29, 0.717) is 6.10 Å². The molecule has 0 amide bonds. The van der Waals surface area contributed by atoms with Crippen LogP contribution >= 0.6 is 24.0 Å². The van der Waals surface area contributed by atoms with Crippen molar-refractivity contribution in [2.24, 2.45) is 10.4 Å². The Kier molecular flexibility index (Phi) is 11.2. The van der Waals surface area contributed by atoms with Crippen LogP contribution in [0.4, 0.5) is 0 Å². The molecule has 1 aliphatic heterocycles. The number of rotatable bonds is 10. The van der Waals surface area contributed by atoms with E-state index in [9.17, 15) is 0 Å². The number of furan rings is 1. The lowest BCUT2D eigenvalue weighted by molar-refractivity contribution is 0.113. The monoisotopic (exact) mass is 479 g/mol. The van der Waals surface area contributed by atoms with Crippen LogP contribution in [-0.2, 0) is 15.9 Å². The summed E-state index contributed by atoms with van der Waals surface area (Å²) >= 11 is 0. The predicted octanol–water partition coefficient (Wildman–Crippen LogP) is 3.22. The van der Waals surface area contributed by atoms with Crippen LogP contribution in [0.25, 0.3) is 0 Å². The van der Waals surface area contributed by atoms with E-state index in [1.54, 1.807) is 13.4 Å². The van der Waals surface area contributed by atoms with Gasteiger partial charge in [-0.05, 0) is 36.8 Å². The highest BCUT2D eigenvalue weighted by molar-refractivity contribution is 14.0. The lowest BCUT2D eigenvalue weighted by Crippen LogP contribution is -2.42. The maximum Gasteiger partial charge on any atom is 0.191 e. The standard InChI is InChI=1S/C19H33N3O3.HI/c1-19(2,9-13-23-3)15-22-18(21-14-17-7-5-12-25-17)20-10-8-16-6-4-11-24-16;/h4,6,11,17H,5,7-10,12-15H2,1-3H3,(H2,20,21,22);1H. The number of hydrogen-bond donors (Lipinski definition) is 2. The van der Waals surface area contributed by atoms with E-state index in [2.05, 4.69) is 24.5 Å². The molecule has 0 saturated carbocycles. The first-order valence-electron chi connectivity index (χ1n) is 9.24. The number of ether oxygens (including phenoxy) is 2. The Balaban J connectivity index is 0.00000338. The van der Waals surface area contributed by atoms with Crippen molar-refractivity contribution < 1.29 is 13.9 Å². The fraction of sp³-hybridized carbons (Fsp3) is 0.737. The van der Waals surface area contributed by atoms with E-state index >= 15 is 0 Å². The summed E-state index contributed by atoms with van der Waals surface area (Å²) in [6, 6.07) is 3.91. The summed E-state index contributed by atoms with van der Waals surface area (Å²) in [6.45, 7) is 8.39. The number of halogens is 1. The van der Waals surface area contributed by atoms with Crippen LogP contribution in [0, 0.1) is 5.41 Å². The van der Waals surface area contributed by atoms with E-state index in [4.69, 9.17) is 18.9 Å². The van der Waals surface area contributed by atoms with Gasteiger partial charge in [-0.25, -0.2) is 0 Å². The van der Waals surface area contributed by atoms with Crippen LogP contribution in [0.5, 0.6) is 0 Å². The molecular weight excluding hydrogens is 445 g/mol. The summed E-state index contributed by atoms with van der Waals surface area (Å²) in [5, 5.41) is 6.83. The highest BCUT2D eigenvalue weighted by atomic mass is 127. The van der Waals surface area contributed by atoms with Gasteiger partial charge in [0, 0.05) is 46.4 Å². The molecular formula is C19H34IN3O3. The highest BCUT2D eigenvalue weighted by Crippen LogP contribution is 2.20. The Morgan fingerprint density at radius 1 is 1.38 bits per heavy atom. The maximum atomic E-state index is 5.69. The van der Waals surface area contributed by atoms with Gasteiger partial charge in [0.25, 0.3) is 0 Å². The second-order valence-electron chi connectivity index (χ2n) is 7.34. The average molecular weight is 479 g/mol. The van der Waals surface area contributed by atoms with E-state index in [-0.39, 0.29) is 29.4 Å². The Bertz CT molecular complexity index is 500. The van der Waals surface area contributed by atoms with Gasteiger partial charge in [0.1, 0.15) is 5.76 Å². The molecule has 1 fully saturated rings. The van der Waals surface area contributed by atoms with Crippen molar-refractivity contribution in [2.45, 2.75) is 45.6 Å². The lowest BCUT2D eigenvalue weighted by atomic mass is 9.90. The number of nitrogens with zero attached hydrogens (tertiary/aromatic N) is 1. The van der Waals surface area contributed by atoms with Crippen molar-refractivity contribution in [3.63, 3.8) is 0 Å². The van der Waals surface area contributed by atoms with Crippen molar-refractivity contribution in [3.8, 4) is 0 Å². The fourth-order valence-corrected chi connectivity index (χ4v) is 2.70. The molecule has 1 atom stereocenters. The van der Waals surface area contributed by atoms with Gasteiger partial charge in [0.2, 0.25) is 0 Å². The zero-order valence-electron chi connectivity index (χ0n) is 16.3. The topological polar surface area (TPSA) is 68.0 Å². The minimum absolute atomic E-state index is 0. The van der Waals surface area contributed by atoms with Gasteiger partial charge in [0.05, 0.1) is 12.4 Å². The first kappa shape index (κ1) is 23.2. The molecule has 7 heteroatoms. The first-order valence-corrected chi connectivity index (χ1v) is 9.24. The van der Waals surface area contributed by atoms with Crippen LogP contribution < -0.4 is 10.6 Å². The third-order valence-corrected chi connectivity index (χ3v) is 4.41. The van der Waals surface area contributed by atoms with E-state index in [0.717, 1.165) is 70.3 Å². The summed E-state index contributed by atoms with van der Waals surface area (Å²) in [7, 11) is 1.74. The van der Waals surface area contributed by atoms with Crippen molar-refractivity contribution in [3.05, 3.63) is 24.2 Å². The number of nitrogens with one attached hydrogen (secondary N) is 2. The second-order valence-corrected chi connectivity index (χ2v) is 7.34. The van der Waals surface area contributed by atoms with Gasteiger partial charge in [-0.15, -0.1) is 24.0 Å². The quantitative estimate of drug-likeness (QED) is 0.307. The van der Waals surface area contributed by atoms with Crippen molar-refractivity contribution in [2.75, 3.05) is 40.0 Å². The Labute approximate surface area is 174 Å². The van der Waals surface area contributed by atoms with Crippen LogP contribution in [0.3, 0.4) is 0 Å². The molecule has 0 spiro atoms. The molecule has 1 aromatic heterocycles. The molecule has 0 radical (unpaired) electrons. The van der Waals surface area contributed by atoms with Crippen molar-refractivity contribution in [1.29, 1.82) is 0 Å². The Morgan fingerprint density at radius 2 is 2.23 bits per heavy atom. The van der Waals surface area contributed by atoms with E-state index < -0.39 is 0 Å². The summed E-state index contributed by atoms with van der Waals surface area (Å²) in [4.78, 5) is 4.78. The first-order chi connectivity index (χ1) is 12.1. The molecule has 1 aromatic rings. The molecule has 1 aliphatic rings. The molecule has 150 valence electrons. The van der Waals surface area contributed by atoms with E-state index in [1.807, 2.05) is 12.1 Å². The molecule has 1 saturated heterocycles. The van der Waals surface area contributed by atoms with Gasteiger partial charge in [-0.2, -0.15) is 0 Å². The molecule has 1 unspecified atom stereocenters. The largest absolute Gasteiger partial charge is 0.469 e. The van der Waals surface area contributed by atoms with Gasteiger partial charge < -0.3 is 24.5 Å². The zero-order valence-corrected chi connectivity index (χ0v) is 18.6. The van der Waals surface area contributed by atoms with Gasteiger partial charge in [-0.1, -0.05) is 13.8 Å². The van der Waals surface area contributed by atoms with Gasteiger partial charge >= 0.3 is 0 Å². The Hall–Kier alpha value is -0.800. The number of hydrogen-bond acceptors (Lipinski definition) is 4. The zero-order chi connectivity index (χ0) is 18.0. The van der Waals surface area contributed by atoms with E-state index in [1.165, 1.54) is 0 Å². The van der Waals surface area contributed by atoms with Crippen LogP contribution in [-0.4, -0.2) is 52.0 Å². The van der Waals surface area contributed by atoms with Gasteiger partial charge in [-0.3, -0.25) is 4.99 Å². The fourth-order valence-electron chi connectivity index (χ4n) is 2.70. The molecule has 2 rings (SSSR count). The predicted molar refractivity (Wildman–Crippen MR) is 115 cm³/mol. The normalized spacial score (nSPS) is 17.8. The van der Waals surface area contributed by atoms with Crippen LogP contribution in [0.1, 0.15) is 38.9 Å². The molecule has 2 heterocycles. The van der Waals surface area contributed by atoms with Crippen molar-refractivity contribution >= 4 is 29.9 Å². The maximum absolute atomic E-state index is 5.69. The number of guanidine groups is 1. The third-order valence-electron chi connectivity index (χ3n) is 4.41. The second kappa shape index (κ2) is 12.6. The van der Waals surface area contributed by atoms with Crippen molar-refractivity contribution in [1.82, 2.24) is 10.6 Å². The lowest BCUT2D eigenvalue weighted by Gasteiger charge is -2.23. The minimum Gasteiger partial charge on any atom is -0.469 e.